The molecule has 1 atom stereocenters. The van der Waals surface area contributed by atoms with Gasteiger partial charge in [-0.1, -0.05) is 32.9 Å². The molecule has 0 amide bonds. The molecule has 3 aromatic carbocycles. The van der Waals surface area contributed by atoms with Crippen LogP contribution in [-0.4, -0.2) is 34.2 Å². The first-order chi connectivity index (χ1) is 17.8. The van der Waals surface area contributed by atoms with Crippen molar-refractivity contribution >= 4 is 17.5 Å². The van der Waals surface area contributed by atoms with Gasteiger partial charge in [0.05, 0.1) is 45.9 Å². The highest BCUT2D eigenvalue weighted by molar-refractivity contribution is 6.01. The number of anilines is 1. The standard InChI is InChI=1S/C31H36N2O4/c1-31(2,3)22-9-12-24(13-10-22)33-28(27-20-26(35-5)15-17-30(27)37-7)19-23(32-33)11-8-21-18-25(34-4)14-16-29(21)36-6/h8-18,20,28H,19H2,1-7H3. The summed E-state index contributed by atoms with van der Waals surface area (Å²) in [5, 5.41) is 7.12. The van der Waals surface area contributed by atoms with E-state index in [1.807, 2.05) is 48.6 Å². The Hall–Kier alpha value is -3.93. The number of methoxy groups -OCH3 is 4. The maximum absolute atomic E-state index is 5.74. The first kappa shape index (κ1) is 26.1. The van der Waals surface area contributed by atoms with Crippen LogP contribution in [0.1, 0.15) is 49.9 Å². The van der Waals surface area contributed by atoms with Gasteiger partial charge in [0.2, 0.25) is 0 Å². The molecule has 1 unspecified atom stereocenters. The van der Waals surface area contributed by atoms with Crippen molar-refractivity contribution in [3.8, 4) is 23.0 Å². The summed E-state index contributed by atoms with van der Waals surface area (Å²) in [6.07, 6.45) is 4.76. The van der Waals surface area contributed by atoms with E-state index in [1.165, 1.54) is 5.56 Å². The number of benzene rings is 3. The quantitative estimate of drug-likeness (QED) is 0.332. The van der Waals surface area contributed by atoms with Crippen LogP contribution in [0.15, 0.2) is 71.8 Å². The number of ether oxygens (including phenoxy) is 4. The van der Waals surface area contributed by atoms with E-state index >= 15 is 0 Å². The highest BCUT2D eigenvalue weighted by Crippen LogP contribution is 2.41. The largest absolute Gasteiger partial charge is 0.497 e. The number of nitrogens with zero attached hydrogens (tertiary/aromatic N) is 2. The fraction of sp³-hybridized carbons (Fsp3) is 0.323. The van der Waals surface area contributed by atoms with E-state index in [0.29, 0.717) is 6.42 Å². The molecule has 6 nitrogen and oxygen atoms in total. The van der Waals surface area contributed by atoms with Crippen LogP contribution >= 0.6 is 0 Å². The van der Waals surface area contributed by atoms with Crippen LogP contribution in [0.5, 0.6) is 23.0 Å². The van der Waals surface area contributed by atoms with Crippen LogP contribution in [0.3, 0.4) is 0 Å². The third kappa shape index (κ3) is 5.74. The molecule has 0 N–H and O–H groups in total. The van der Waals surface area contributed by atoms with Crippen molar-refractivity contribution < 1.29 is 18.9 Å². The topological polar surface area (TPSA) is 52.5 Å². The van der Waals surface area contributed by atoms with Crippen LogP contribution in [-0.2, 0) is 5.41 Å². The molecule has 6 heteroatoms. The van der Waals surface area contributed by atoms with Crippen molar-refractivity contribution in [3.05, 3.63) is 83.4 Å². The molecule has 0 bridgehead atoms. The molecule has 0 aliphatic carbocycles. The summed E-state index contributed by atoms with van der Waals surface area (Å²) in [5.41, 5.74) is 5.26. The second-order valence-corrected chi connectivity index (χ2v) is 10.0. The average molecular weight is 501 g/mol. The van der Waals surface area contributed by atoms with Gasteiger partial charge >= 0.3 is 0 Å². The lowest BCUT2D eigenvalue weighted by Crippen LogP contribution is -2.20. The van der Waals surface area contributed by atoms with E-state index < -0.39 is 0 Å². The Balaban J connectivity index is 1.74. The van der Waals surface area contributed by atoms with Crippen LogP contribution in [0, 0.1) is 0 Å². The average Bonchev–Trinajstić information content (AvgIpc) is 3.35. The summed E-state index contributed by atoms with van der Waals surface area (Å²) in [6.45, 7) is 6.65. The van der Waals surface area contributed by atoms with Gasteiger partial charge < -0.3 is 18.9 Å². The van der Waals surface area contributed by atoms with Crippen LogP contribution in [0.4, 0.5) is 5.69 Å². The highest BCUT2D eigenvalue weighted by atomic mass is 16.5. The zero-order chi connectivity index (χ0) is 26.6. The summed E-state index contributed by atoms with van der Waals surface area (Å²) < 4.78 is 22.2. The van der Waals surface area contributed by atoms with Gasteiger partial charge in [-0.3, -0.25) is 5.01 Å². The Kier molecular flexibility index (Phi) is 7.77. The maximum atomic E-state index is 5.74. The van der Waals surface area contributed by atoms with Gasteiger partial charge in [0.25, 0.3) is 0 Å². The lowest BCUT2D eigenvalue weighted by molar-refractivity contribution is 0.395. The van der Waals surface area contributed by atoms with Gasteiger partial charge in [0, 0.05) is 17.5 Å². The van der Waals surface area contributed by atoms with Gasteiger partial charge in [0.15, 0.2) is 0 Å². The molecule has 0 saturated carbocycles. The predicted octanol–water partition coefficient (Wildman–Crippen LogP) is 7.04. The molecule has 0 saturated heterocycles. The molecular formula is C31H36N2O4. The van der Waals surface area contributed by atoms with Crippen molar-refractivity contribution in [2.45, 2.75) is 38.6 Å². The third-order valence-electron chi connectivity index (χ3n) is 6.62. The van der Waals surface area contributed by atoms with Crippen molar-refractivity contribution in [3.63, 3.8) is 0 Å². The Labute approximate surface area is 220 Å². The molecule has 1 aliphatic rings. The summed E-state index contributed by atoms with van der Waals surface area (Å²) >= 11 is 0. The smallest absolute Gasteiger partial charge is 0.126 e. The van der Waals surface area contributed by atoms with Crippen molar-refractivity contribution in [1.29, 1.82) is 0 Å². The van der Waals surface area contributed by atoms with Gasteiger partial charge in [-0.2, -0.15) is 5.10 Å². The second kappa shape index (κ2) is 11.0. The molecule has 0 radical (unpaired) electrons. The van der Waals surface area contributed by atoms with Crippen LogP contribution in [0.2, 0.25) is 0 Å². The lowest BCUT2D eigenvalue weighted by Gasteiger charge is -2.27. The zero-order valence-electron chi connectivity index (χ0n) is 22.7. The second-order valence-electron chi connectivity index (χ2n) is 10.0. The maximum Gasteiger partial charge on any atom is 0.126 e. The summed E-state index contributed by atoms with van der Waals surface area (Å²) in [4.78, 5) is 0. The molecule has 0 fully saturated rings. The molecular weight excluding hydrogens is 464 g/mol. The molecule has 37 heavy (non-hydrogen) atoms. The third-order valence-corrected chi connectivity index (χ3v) is 6.62. The number of hydrogen-bond donors (Lipinski definition) is 0. The molecule has 0 aromatic heterocycles. The van der Waals surface area contributed by atoms with Crippen molar-refractivity contribution in [2.24, 2.45) is 5.10 Å². The van der Waals surface area contributed by atoms with E-state index in [2.05, 4.69) is 50.0 Å². The molecule has 1 heterocycles. The SMILES string of the molecule is COc1ccc(OC)c(C=CC2=NN(c3ccc(C(C)(C)C)cc3)C(c3cc(OC)ccc3OC)C2)c1. The number of hydrazone groups is 1. The molecule has 4 rings (SSSR count). The van der Waals surface area contributed by atoms with Crippen molar-refractivity contribution in [2.75, 3.05) is 33.4 Å². The fourth-order valence-corrected chi connectivity index (χ4v) is 4.48. The number of rotatable bonds is 8. The molecule has 194 valence electrons. The van der Waals surface area contributed by atoms with E-state index in [0.717, 1.165) is 45.5 Å². The zero-order valence-corrected chi connectivity index (χ0v) is 22.7. The highest BCUT2D eigenvalue weighted by Gasteiger charge is 2.31. The van der Waals surface area contributed by atoms with Gasteiger partial charge in [-0.05, 0) is 71.7 Å². The van der Waals surface area contributed by atoms with Crippen molar-refractivity contribution in [1.82, 2.24) is 0 Å². The Morgan fingerprint density at radius 1 is 0.757 bits per heavy atom. The van der Waals surface area contributed by atoms with E-state index in [1.54, 1.807) is 28.4 Å². The van der Waals surface area contributed by atoms with Gasteiger partial charge in [0.1, 0.15) is 23.0 Å². The van der Waals surface area contributed by atoms with E-state index in [4.69, 9.17) is 24.0 Å². The minimum absolute atomic E-state index is 0.0580. The minimum Gasteiger partial charge on any atom is -0.497 e. The fourth-order valence-electron chi connectivity index (χ4n) is 4.48. The first-order valence-electron chi connectivity index (χ1n) is 12.4. The molecule has 3 aromatic rings. The Bertz CT molecular complexity index is 1290. The van der Waals surface area contributed by atoms with Crippen LogP contribution < -0.4 is 24.0 Å². The lowest BCUT2D eigenvalue weighted by atomic mass is 9.87. The summed E-state index contributed by atoms with van der Waals surface area (Å²) in [7, 11) is 6.69. The monoisotopic (exact) mass is 500 g/mol. The minimum atomic E-state index is -0.0580. The van der Waals surface area contributed by atoms with E-state index in [9.17, 15) is 0 Å². The number of allylic oxidation sites excluding steroid dienone is 1. The summed E-state index contributed by atoms with van der Waals surface area (Å²) in [6, 6.07) is 20.2. The molecule has 1 aliphatic heterocycles. The first-order valence-corrected chi connectivity index (χ1v) is 12.4. The normalized spacial score (nSPS) is 15.6. The number of hydrogen-bond acceptors (Lipinski definition) is 6. The van der Waals surface area contributed by atoms with Gasteiger partial charge in [-0.15, -0.1) is 0 Å². The van der Waals surface area contributed by atoms with Gasteiger partial charge in [-0.25, -0.2) is 0 Å². The predicted molar refractivity (Wildman–Crippen MR) is 151 cm³/mol. The molecule has 0 spiro atoms. The van der Waals surface area contributed by atoms with Crippen LogP contribution in [0.25, 0.3) is 6.08 Å². The summed E-state index contributed by atoms with van der Waals surface area (Å²) in [5.74, 6) is 3.13. The Morgan fingerprint density at radius 3 is 1.97 bits per heavy atom. The van der Waals surface area contributed by atoms with E-state index in [-0.39, 0.29) is 11.5 Å². The Morgan fingerprint density at radius 2 is 1.38 bits per heavy atom.